The molecule has 3 rings (SSSR count). The molecule has 0 saturated carbocycles. The van der Waals surface area contributed by atoms with Gasteiger partial charge < -0.3 is 14.0 Å². The van der Waals surface area contributed by atoms with Gasteiger partial charge in [0.25, 0.3) is 0 Å². The van der Waals surface area contributed by atoms with E-state index in [-0.39, 0.29) is 6.61 Å². The van der Waals surface area contributed by atoms with Gasteiger partial charge in [0.2, 0.25) is 0 Å². The lowest BCUT2D eigenvalue weighted by atomic mass is 10.1. The molecule has 0 aliphatic heterocycles. The van der Waals surface area contributed by atoms with Crippen LogP contribution in [0.1, 0.15) is 22.5 Å². The van der Waals surface area contributed by atoms with Gasteiger partial charge in [-0.25, -0.2) is 0 Å². The molecule has 3 aromatic rings. The number of halogens is 3. The SMILES string of the molecule is FC(F)(F)c1ccc(CO/N=C/c2ccc(OCc3ccco3)cc2)cc1. The van der Waals surface area contributed by atoms with Crippen molar-refractivity contribution in [2.75, 3.05) is 0 Å². The smallest absolute Gasteiger partial charge is 0.416 e. The van der Waals surface area contributed by atoms with Crippen LogP contribution in [0.25, 0.3) is 0 Å². The fraction of sp³-hybridized carbons (Fsp3) is 0.150. The lowest BCUT2D eigenvalue weighted by Gasteiger charge is -2.07. The molecule has 0 fully saturated rings. The minimum absolute atomic E-state index is 0.0823. The maximum absolute atomic E-state index is 12.5. The van der Waals surface area contributed by atoms with Crippen LogP contribution in [-0.2, 0) is 24.2 Å². The summed E-state index contributed by atoms with van der Waals surface area (Å²) in [6.45, 7) is 0.426. The number of ether oxygens (including phenoxy) is 1. The van der Waals surface area contributed by atoms with Crippen LogP contribution in [0.4, 0.5) is 13.2 Å². The van der Waals surface area contributed by atoms with E-state index in [0.29, 0.717) is 17.9 Å². The molecule has 0 spiro atoms. The van der Waals surface area contributed by atoms with E-state index in [2.05, 4.69) is 5.16 Å². The Morgan fingerprint density at radius 2 is 1.67 bits per heavy atom. The highest BCUT2D eigenvalue weighted by Gasteiger charge is 2.29. The standard InChI is InChI=1S/C20H16F3NO3/c21-20(22,23)17-7-3-16(4-8-17)13-27-24-12-15-5-9-18(10-6-15)26-14-19-2-1-11-25-19/h1-12H,13-14H2/b24-12+. The topological polar surface area (TPSA) is 44.0 Å². The molecule has 7 heteroatoms. The van der Waals surface area contributed by atoms with Gasteiger partial charge in [0.1, 0.15) is 24.7 Å². The molecule has 0 saturated heterocycles. The van der Waals surface area contributed by atoms with E-state index in [1.165, 1.54) is 18.3 Å². The molecule has 2 aromatic carbocycles. The first kappa shape index (κ1) is 18.6. The van der Waals surface area contributed by atoms with Gasteiger partial charge in [0, 0.05) is 0 Å². The summed E-state index contributed by atoms with van der Waals surface area (Å²) in [5, 5.41) is 3.82. The molecule has 0 unspecified atom stereocenters. The molecule has 140 valence electrons. The first-order valence-corrected chi connectivity index (χ1v) is 8.07. The maximum atomic E-state index is 12.5. The van der Waals surface area contributed by atoms with Gasteiger partial charge in [-0.15, -0.1) is 0 Å². The average molecular weight is 375 g/mol. The van der Waals surface area contributed by atoms with Crippen molar-refractivity contribution in [1.29, 1.82) is 0 Å². The molecular weight excluding hydrogens is 359 g/mol. The molecule has 0 atom stereocenters. The molecule has 0 bridgehead atoms. The van der Waals surface area contributed by atoms with Gasteiger partial charge in [0.15, 0.2) is 0 Å². The molecule has 0 N–H and O–H groups in total. The van der Waals surface area contributed by atoms with E-state index in [9.17, 15) is 13.2 Å². The molecule has 0 amide bonds. The molecule has 0 radical (unpaired) electrons. The summed E-state index contributed by atoms with van der Waals surface area (Å²) >= 11 is 0. The Morgan fingerprint density at radius 3 is 2.30 bits per heavy atom. The Bertz CT molecular complexity index is 855. The number of oxime groups is 1. The number of benzene rings is 2. The highest BCUT2D eigenvalue weighted by Crippen LogP contribution is 2.29. The fourth-order valence-electron chi connectivity index (χ4n) is 2.20. The number of furan rings is 1. The van der Waals surface area contributed by atoms with E-state index in [1.54, 1.807) is 24.5 Å². The third kappa shape index (κ3) is 5.64. The first-order valence-electron chi connectivity index (χ1n) is 8.07. The van der Waals surface area contributed by atoms with Crippen molar-refractivity contribution in [1.82, 2.24) is 0 Å². The molecule has 0 aliphatic carbocycles. The second-order valence-corrected chi connectivity index (χ2v) is 5.64. The average Bonchev–Trinajstić information content (AvgIpc) is 3.18. The zero-order valence-electron chi connectivity index (χ0n) is 14.1. The van der Waals surface area contributed by atoms with Crippen LogP contribution in [-0.4, -0.2) is 6.21 Å². The summed E-state index contributed by atoms with van der Waals surface area (Å²) in [6.07, 6.45) is -1.24. The van der Waals surface area contributed by atoms with Gasteiger partial charge in [-0.05, 0) is 59.7 Å². The van der Waals surface area contributed by atoms with Crippen molar-refractivity contribution < 1.29 is 27.2 Å². The Hall–Kier alpha value is -3.22. The van der Waals surface area contributed by atoms with Crippen LogP contribution in [0.3, 0.4) is 0 Å². The zero-order chi connectivity index (χ0) is 19.1. The largest absolute Gasteiger partial charge is 0.486 e. The normalized spacial score (nSPS) is 11.7. The number of alkyl halides is 3. The van der Waals surface area contributed by atoms with E-state index in [0.717, 1.165) is 23.5 Å². The van der Waals surface area contributed by atoms with Gasteiger partial charge >= 0.3 is 6.18 Å². The van der Waals surface area contributed by atoms with Crippen LogP contribution in [0.2, 0.25) is 0 Å². The van der Waals surface area contributed by atoms with Gasteiger partial charge in [-0.1, -0.05) is 17.3 Å². The van der Waals surface area contributed by atoms with Gasteiger partial charge in [-0.2, -0.15) is 13.2 Å². The molecular formula is C20H16F3NO3. The van der Waals surface area contributed by atoms with E-state index >= 15 is 0 Å². The number of nitrogens with zero attached hydrogens (tertiary/aromatic N) is 1. The monoisotopic (exact) mass is 375 g/mol. The van der Waals surface area contributed by atoms with Crippen molar-refractivity contribution in [2.45, 2.75) is 19.4 Å². The fourth-order valence-corrected chi connectivity index (χ4v) is 2.20. The minimum Gasteiger partial charge on any atom is -0.486 e. The summed E-state index contributed by atoms with van der Waals surface area (Å²) < 4.78 is 48.2. The highest BCUT2D eigenvalue weighted by molar-refractivity contribution is 5.79. The Balaban J connectivity index is 1.45. The predicted molar refractivity (Wildman–Crippen MR) is 93.3 cm³/mol. The Labute approximate surface area is 153 Å². The van der Waals surface area contributed by atoms with Crippen LogP contribution in [0.15, 0.2) is 76.5 Å². The third-order valence-electron chi connectivity index (χ3n) is 3.63. The van der Waals surface area contributed by atoms with Crippen molar-refractivity contribution in [2.24, 2.45) is 5.16 Å². The maximum Gasteiger partial charge on any atom is 0.416 e. The van der Waals surface area contributed by atoms with Crippen LogP contribution in [0.5, 0.6) is 5.75 Å². The number of hydrogen-bond donors (Lipinski definition) is 0. The van der Waals surface area contributed by atoms with Gasteiger partial charge in [0.05, 0.1) is 18.0 Å². The quantitative estimate of drug-likeness (QED) is 0.409. The minimum atomic E-state index is -4.34. The lowest BCUT2D eigenvalue weighted by molar-refractivity contribution is -0.137. The van der Waals surface area contributed by atoms with E-state index < -0.39 is 11.7 Å². The number of rotatable bonds is 7. The van der Waals surface area contributed by atoms with Crippen LogP contribution >= 0.6 is 0 Å². The molecule has 27 heavy (non-hydrogen) atoms. The molecule has 1 aromatic heterocycles. The zero-order valence-corrected chi connectivity index (χ0v) is 14.1. The van der Waals surface area contributed by atoms with Gasteiger partial charge in [-0.3, -0.25) is 0 Å². The lowest BCUT2D eigenvalue weighted by Crippen LogP contribution is -2.04. The predicted octanol–water partition coefficient (Wildman–Crippen LogP) is 5.43. The molecule has 4 nitrogen and oxygen atoms in total. The second kappa shape index (κ2) is 8.44. The second-order valence-electron chi connectivity index (χ2n) is 5.64. The molecule has 0 aliphatic rings. The summed E-state index contributed by atoms with van der Waals surface area (Å²) in [7, 11) is 0. The highest BCUT2D eigenvalue weighted by atomic mass is 19.4. The Kier molecular flexibility index (Phi) is 5.80. The third-order valence-corrected chi connectivity index (χ3v) is 3.63. The summed E-state index contributed by atoms with van der Waals surface area (Å²) in [5.41, 5.74) is 0.707. The van der Waals surface area contributed by atoms with Crippen molar-refractivity contribution in [3.63, 3.8) is 0 Å². The van der Waals surface area contributed by atoms with Crippen molar-refractivity contribution in [3.05, 3.63) is 89.4 Å². The summed E-state index contributed by atoms with van der Waals surface area (Å²) in [4.78, 5) is 5.12. The first-order chi connectivity index (χ1) is 13.0. The van der Waals surface area contributed by atoms with Crippen molar-refractivity contribution >= 4 is 6.21 Å². The van der Waals surface area contributed by atoms with Crippen LogP contribution in [0, 0.1) is 0 Å². The summed E-state index contributed by atoms with van der Waals surface area (Å²) in [6, 6.07) is 15.6. The van der Waals surface area contributed by atoms with Crippen molar-refractivity contribution in [3.8, 4) is 5.75 Å². The van der Waals surface area contributed by atoms with E-state index in [1.807, 2.05) is 18.2 Å². The summed E-state index contributed by atoms with van der Waals surface area (Å²) in [5.74, 6) is 1.42. The number of hydrogen-bond acceptors (Lipinski definition) is 4. The van der Waals surface area contributed by atoms with Crippen LogP contribution < -0.4 is 4.74 Å². The van der Waals surface area contributed by atoms with E-state index in [4.69, 9.17) is 14.0 Å². The Morgan fingerprint density at radius 1 is 0.926 bits per heavy atom. The molecule has 1 heterocycles.